The molecule has 0 bridgehead atoms. The monoisotopic (exact) mass is 249 g/mol. The van der Waals surface area contributed by atoms with Crippen LogP contribution >= 0.6 is 11.8 Å². The van der Waals surface area contributed by atoms with Crippen molar-refractivity contribution >= 4 is 11.8 Å². The molecule has 1 aromatic carbocycles. The zero-order valence-electron chi connectivity index (χ0n) is 9.35. The van der Waals surface area contributed by atoms with Crippen molar-refractivity contribution in [1.29, 1.82) is 0 Å². The molecule has 2 rings (SSSR count). The lowest BCUT2D eigenvalue weighted by molar-refractivity contribution is 0.596. The predicted molar refractivity (Wildman–Crippen MR) is 65.2 cm³/mol. The van der Waals surface area contributed by atoms with E-state index in [0.29, 0.717) is 16.6 Å². The van der Waals surface area contributed by atoms with Gasteiger partial charge in [0.05, 0.1) is 4.90 Å². The van der Waals surface area contributed by atoms with Crippen LogP contribution in [0.1, 0.15) is 11.1 Å². The van der Waals surface area contributed by atoms with Crippen LogP contribution < -0.4 is 5.73 Å². The summed E-state index contributed by atoms with van der Waals surface area (Å²) >= 11 is 1.20. The van der Waals surface area contributed by atoms with Crippen molar-refractivity contribution in [3.8, 4) is 0 Å². The molecule has 2 aromatic rings. The molecule has 0 spiro atoms. The fourth-order valence-electron chi connectivity index (χ4n) is 1.35. The number of nitrogens with zero attached hydrogens (tertiary/aromatic N) is 2. The van der Waals surface area contributed by atoms with E-state index >= 15 is 0 Å². The number of aryl methyl sites for hydroxylation is 1. The van der Waals surface area contributed by atoms with Gasteiger partial charge in [-0.05, 0) is 35.9 Å². The third-order valence-electron chi connectivity index (χ3n) is 2.22. The van der Waals surface area contributed by atoms with Crippen molar-refractivity contribution < 1.29 is 4.39 Å². The summed E-state index contributed by atoms with van der Waals surface area (Å²) in [4.78, 5) is 8.77. The van der Waals surface area contributed by atoms with Gasteiger partial charge in [-0.3, -0.25) is 0 Å². The Bertz CT molecular complexity index is 514. The van der Waals surface area contributed by atoms with Gasteiger partial charge in [0.2, 0.25) is 0 Å². The maximum atomic E-state index is 13.7. The maximum Gasteiger partial charge on any atom is 0.192 e. The third-order valence-corrected chi connectivity index (χ3v) is 3.27. The lowest BCUT2D eigenvalue weighted by atomic mass is 10.2. The molecule has 0 amide bonds. The van der Waals surface area contributed by atoms with E-state index in [1.54, 1.807) is 24.5 Å². The van der Waals surface area contributed by atoms with Crippen molar-refractivity contribution in [3.05, 3.63) is 47.5 Å². The highest BCUT2D eigenvalue weighted by Crippen LogP contribution is 2.30. The fourth-order valence-corrected chi connectivity index (χ4v) is 2.19. The average molecular weight is 249 g/mol. The molecule has 0 aliphatic heterocycles. The highest BCUT2D eigenvalue weighted by molar-refractivity contribution is 7.99. The fraction of sp³-hybridized carbons (Fsp3) is 0.167. The number of aromatic nitrogens is 2. The zero-order chi connectivity index (χ0) is 12.3. The predicted octanol–water partition coefficient (Wildman–Crippen LogP) is 2.53. The first-order valence-electron chi connectivity index (χ1n) is 5.14. The molecule has 0 saturated heterocycles. The molecule has 2 N–H and O–H groups in total. The van der Waals surface area contributed by atoms with E-state index in [2.05, 4.69) is 9.97 Å². The van der Waals surface area contributed by atoms with Gasteiger partial charge < -0.3 is 5.73 Å². The Hall–Kier alpha value is -1.46. The summed E-state index contributed by atoms with van der Waals surface area (Å²) < 4.78 is 13.7. The Morgan fingerprint density at radius 2 is 2.00 bits per heavy atom. The minimum atomic E-state index is -0.290. The molecular formula is C12H12FN3S. The van der Waals surface area contributed by atoms with Crippen LogP contribution in [0.3, 0.4) is 0 Å². The van der Waals surface area contributed by atoms with E-state index in [4.69, 9.17) is 5.73 Å². The van der Waals surface area contributed by atoms with Crippen LogP contribution in [0.15, 0.2) is 40.6 Å². The maximum absolute atomic E-state index is 13.7. The molecule has 0 aliphatic rings. The molecule has 17 heavy (non-hydrogen) atoms. The van der Waals surface area contributed by atoms with Crippen LogP contribution in [0.25, 0.3) is 0 Å². The Kier molecular flexibility index (Phi) is 3.71. The SMILES string of the molecule is Cc1cnc(Sc2c(F)cccc2CN)nc1. The highest BCUT2D eigenvalue weighted by atomic mass is 32.2. The number of nitrogens with two attached hydrogens (primary N) is 1. The third kappa shape index (κ3) is 2.81. The standard InChI is InChI=1S/C12H12FN3S/c1-8-6-15-12(16-7-8)17-11-9(5-14)3-2-4-10(11)13/h2-4,6-7H,5,14H2,1H3. The van der Waals surface area contributed by atoms with E-state index < -0.39 is 0 Å². The molecule has 0 unspecified atom stereocenters. The number of halogens is 1. The van der Waals surface area contributed by atoms with Crippen LogP contribution in [0.4, 0.5) is 4.39 Å². The molecule has 0 aliphatic carbocycles. The van der Waals surface area contributed by atoms with Crippen LogP contribution in [-0.4, -0.2) is 9.97 Å². The van der Waals surface area contributed by atoms with Gasteiger partial charge in [-0.1, -0.05) is 12.1 Å². The number of hydrogen-bond acceptors (Lipinski definition) is 4. The van der Waals surface area contributed by atoms with Gasteiger partial charge in [0.15, 0.2) is 5.16 Å². The molecule has 0 radical (unpaired) electrons. The molecule has 1 aromatic heterocycles. The normalized spacial score (nSPS) is 10.5. The molecular weight excluding hydrogens is 237 g/mol. The Morgan fingerprint density at radius 3 is 2.65 bits per heavy atom. The van der Waals surface area contributed by atoms with Crippen LogP contribution in [0, 0.1) is 12.7 Å². The minimum absolute atomic E-state index is 0.290. The van der Waals surface area contributed by atoms with Gasteiger partial charge >= 0.3 is 0 Å². The van der Waals surface area contributed by atoms with E-state index in [0.717, 1.165) is 11.1 Å². The van der Waals surface area contributed by atoms with E-state index in [-0.39, 0.29) is 5.82 Å². The summed E-state index contributed by atoms with van der Waals surface area (Å²) in [5.41, 5.74) is 7.31. The van der Waals surface area contributed by atoms with Gasteiger partial charge in [0, 0.05) is 18.9 Å². The average Bonchev–Trinajstić information content (AvgIpc) is 2.34. The molecule has 0 fully saturated rings. The van der Waals surface area contributed by atoms with Crippen LogP contribution in [0.2, 0.25) is 0 Å². The van der Waals surface area contributed by atoms with E-state index in [9.17, 15) is 4.39 Å². The van der Waals surface area contributed by atoms with Crippen LogP contribution in [-0.2, 0) is 6.54 Å². The smallest absolute Gasteiger partial charge is 0.192 e. The van der Waals surface area contributed by atoms with Crippen molar-refractivity contribution in [3.63, 3.8) is 0 Å². The molecule has 3 nitrogen and oxygen atoms in total. The van der Waals surface area contributed by atoms with E-state index in [1.165, 1.54) is 17.8 Å². The number of benzene rings is 1. The summed E-state index contributed by atoms with van der Waals surface area (Å²) in [5, 5.41) is 0.524. The first-order chi connectivity index (χ1) is 8.20. The highest BCUT2D eigenvalue weighted by Gasteiger charge is 2.10. The summed E-state index contributed by atoms with van der Waals surface area (Å²) in [6.45, 7) is 2.20. The van der Waals surface area contributed by atoms with Crippen molar-refractivity contribution in [2.75, 3.05) is 0 Å². The van der Waals surface area contributed by atoms with Gasteiger partial charge in [0.25, 0.3) is 0 Å². The quantitative estimate of drug-likeness (QED) is 0.849. The number of rotatable bonds is 3. The first-order valence-corrected chi connectivity index (χ1v) is 5.96. The van der Waals surface area contributed by atoms with Gasteiger partial charge in [-0.15, -0.1) is 0 Å². The minimum Gasteiger partial charge on any atom is -0.326 e. The first kappa shape index (κ1) is 12.0. The molecule has 88 valence electrons. The lowest BCUT2D eigenvalue weighted by Gasteiger charge is -2.07. The largest absolute Gasteiger partial charge is 0.326 e. The molecule has 0 atom stereocenters. The summed E-state index contributed by atoms with van der Waals surface area (Å²) in [5.74, 6) is -0.290. The van der Waals surface area contributed by atoms with Gasteiger partial charge in [-0.2, -0.15) is 0 Å². The number of hydrogen-bond donors (Lipinski definition) is 1. The summed E-state index contributed by atoms with van der Waals surface area (Å²) in [6, 6.07) is 4.87. The summed E-state index contributed by atoms with van der Waals surface area (Å²) in [6.07, 6.45) is 3.41. The zero-order valence-corrected chi connectivity index (χ0v) is 10.2. The second kappa shape index (κ2) is 5.25. The Labute approximate surface area is 103 Å². The molecule has 1 heterocycles. The molecule has 0 saturated carbocycles. The van der Waals surface area contributed by atoms with Crippen LogP contribution in [0.5, 0.6) is 0 Å². The second-order valence-corrected chi connectivity index (χ2v) is 4.55. The second-order valence-electron chi connectivity index (χ2n) is 3.58. The van der Waals surface area contributed by atoms with Crippen molar-refractivity contribution in [2.45, 2.75) is 23.5 Å². The van der Waals surface area contributed by atoms with Crippen molar-refractivity contribution in [1.82, 2.24) is 9.97 Å². The van der Waals surface area contributed by atoms with Crippen molar-refractivity contribution in [2.24, 2.45) is 5.73 Å². The summed E-state index contributed by atoms with van der Waals surface area (Å²) in [7, 11) is 0. The van der Waals surface area contributed by atoms with Gasteiger partial charge in [-0.25, -0.2) is 14.4 Å². The Balaban J connectivity index is 2.32. The topological polar surface area (TPSA) is 51.8 Å². The van der Waals surface area contributed by atoms with E-state index in [1.807, 2.05) is 6.92 Å². The van der Waals surface area contributed by atoms with Gasteiger partial charge in [0.1, 0.15) is 5.82 Å². The molecule has 5 heteroatoms. The lowest BCUT2D eigenvalue weighted by Crippen LogP contribution is -2.00. The Morgan fingerprint density at radius 1 is 1.29 bits per heavy atom.